The number of carbonyl (C=O) groups excluding carboxylic acids is 1. The largest absolute Gasteiger partial charge is 0.508 e. The average molecular weight is 345 g/mol. The van der Waals surface area contributed by atoms with Crippen LogP contribution in [0.4, 0.5) is 4.79 Å². The van der Waals surface area contributed by atoms with E-state index in [-0.39, 0.29) is 12.1 Å². The van der Waals surface area contributed by atoms with E-state index in [0.29, 0.717) is 17.7 Å². The Hall–Kier alpha value is -1.75. The zero-order valence-electron chi connectivity index (χ0n) is 15.4. The summed E-state index contributed by atoms with van der Waals surface area (Å²) in [6, 6.07) is 7.98. The molecule has 0 bridgehead atoms. The van der Waals surface area contributed by atoms with Crippen LogP contribution in [0.15, 0.2) is 24.3 Å². The van der Waals surface area contributed by atoms with Crippen molar-refractivity contribution in [2.45, 2.75) is 51.1 Å². The molecule has 2 saturated heterocycles. The van der Waals surface area contributed by atoms with Crippen molar-refractivity contribution in [3.05, 3.63) is 29.8 Å². The van der Waals surface area contributed by atoms with Crippen LogP contribution in [-0.2, 0) is 6.42 Å². The lowest BCUT2D eigenvalue weighted by Crippen LogP contribution is -2.58. The number of aryl methyl sites for hydroxylation is 1. The van der Waals surface area contributed by atoms with Gasteiger partial charge in [-0.2, -0.15) is 0 Å². The molecule has 0 aromatic heterocycles. The first-order valence-corrected chi connectivity index (χ1v) is 9.56. The molecule has 3 atom stereocenters. The Labute approximate surface area is 151 Å². The summed E-state index contributed by atoms with van der Waals surface area (Å²) in [5.74, 6) is 0.924. The highest BCUT2D eigenvalue weighted by molar-refractivity contribution is 5.75. The number of benzene rings is 1. The summed E-state index contributed by atoms with van der Waals surface area (Å²) in [6.07, 6.45) is 5.26. The maximum absolute atomic E-state index is 12.8. The van der Waals surface area contributed by atoms with Crippen LogP contribution in [0.1, 0.15) is 38.2 Å². The predicted molar refractivity (Wildman–Crippen MR) is 99.8 cm³/mol. The third-order valence-electron chi connectivity index (χ3n) is 5.70. The van der Waals surface area contributed by atoms with Crippen molar-refractivity contribution in [1.29, 1.82) is 0 Å². The van der Waals surface area contributed by atoms with Crippen LogP contribution in [0.5, 0.6) is 5.75 Å². The highest BCUT2D eigenvalue weighted by Crippen LogP contribution is 2.30. The predicted octanol–water partition coefficient (Wildman–Crippen LogP) is 2.84. The van der Waals surface area contributed by atoms with Crippen molar-refractivity contribution in [1.82, 2.24) is 15.1 Å². The molecule has 0 radical (unpaired) electrons. The van der Waals surface area contributed by atoms with Crippen molar-refractivity contribution in [3.8, 4) is 5.75 Å². The Balaban J connectivity index is 1.49. The summed E-state index contributed by atoms with van der Waals surface area (Å²) in [6.45, 7) is 5.17. The van der Waals surface area contributed by atoms with E-state index in [1.54, 1.807) is 12.1 Å². The van der Waals surface area contributed by atoms with E-state index >= 15 is 0 Å². The number of nitrogens with zero attached hydrogens (tertiary/aromatic N) is 2. The molecule has 0 spiro atoms. The number of hydrogen-bond acceptors (Lipinski definition) is 3. The molecule has 0 saturated carbocycles. The van der Waals surface area contributed by atoms with Crippen LogP contribution in [0.2, 0.25) is 0 Å². The highest BCUT2D eigenvalue weighted by Gasteiger charge is 2.37. The number of likely N-dealkylation sites (tertiary alicyclic amines) is 2. The Kier molecular flexibility index (Phi) is 5.84. The number of aromatic hydroxyl groups is 1. The van der Waals surface area contributed by atoms with Crippen LogP contribution in [0.25, 0.3) is 0 Å². The molecule has 2 amide bonds. The van der Waals surface area contributed by atoms with Gasteiger partial charge in [-0.25, -0.2) is 4.79 Å². The Bertz CT molecular complexity index is 575. The minimum absolute atomic E-state index is 0.109. The molecule has 1 aromatic rings. The molecule has 2 heterocycles. The Morgan fingerprint density at radius 1 is 1.28 bits per heavy atom. The van der Waals surface area contributed by atoms with Crippen LogP contribution >= 0.6 is 0 Å². The number of phenolic OH excluding ortho intramolecular Hbond substituents is 1. The zero-order chi connectivity index (χ0) is 17.8. The summed E-state index contributed by atoms with van der Waals surface area (Å²) >= 11 is 0. The molecule has 138 valence electrons. The number of fused-ring (bicyclic) bond motifs is 1. The first-order chi connectivity index (χ1) is 12.0. The normalized spacial score (nSPS) is 25.3. The molecule has 2 fully saturated rings. The van der Waals surface area contributed by atoms with E-state index < -0.39 is 0 Å². The maximum atomic E-state index is 12.8. The fraction of sp³-hybridized carbons (Fsp3) is 0.650. The third-order valence-corrected chi connectivity index (χ3v) is 5.70. The summed E-state index contributed by atoms with van der Waals surface area (Å²) in [4.78, 5) is 17.3. The van der Waals surface area contributed by atoms with Crippen LogP contribution < -0.4 is 5.32 Å². The van der Waals surface area contributed by atoms with Crippen molar-refractivity contribution in [2.75, 3.05) is 26.7 Å². The van der Waals surface area contributed by atoms with Gasteiger partial charge in [0.2, 0.25) is 0 Å². The number of nitrogens with one attached hydrogen (secondary N) is 1. The van der Waals surface area contributed by atoms with Gasteiger partial charge < -0.3 is 20.2 Å². The van der Waals surface area contributed by atoms with Crippen LogP contribution in [-0.4, -0.2) is 59.7 Å². The maximum Gasteiger partial charge on any atom is 0.317 e. The minimum atomic E-state index is 0.109. The van der Waals surface area contributed by atoms with E-state index in [1.807, 2.05) is 12.1 Å². The van der Waals surface area contributed by atoms with Gasteiger partial charge in [0.1, 0.15) is 5.75 Å². The summed E-state index contributed by atoms with van der Waals surface area (Å²) in [5.41, 5.74) is 1.19. The van der Waals surface area contributed by atoms with Crippen molar-refractivity contribution in [2.24, 2.45) is 5.92 Å². The minimum Gasteiger partial charge on any atom is -0.508 e. The number of phenols is 1. The van der Waals surface area contributed by atoms with Crippen LogP contribution in [0, 0.1) is 5.92 Å². The third kappa shape index (κ3) is 4.66. The zero-order valence-corrected chi connectivity index (χ0v) is 15.4. The molecule has 5 nitrogen and oxygen atoms in total. The lowest BCUT2D eigenvalue weighted by Gasteiger charge is -2.46. The van der Waals surface area contributed by atoms with E-state index in [9.17, 15) is 9.90 Å². The second-order valence-electron chi connectivity index (χ2n) is 7.77. The molecule has 0 unspecified atom stereocenters. The first-order valence-electron chi connectivity index (χ1n) is 9.56. The fourth-order valence-electron chi connectivity index (χ4n) is 4.25. The standard InChI is InChI=1S/C20H31N3O2/c1-15(5-6-16-7-9-18(24)10-8-16)21-20(25)23-12-3-4-17-14-22(2)13-11-19(17)23/h7-10,15,17,19,24H,3-6,11-14H2,1-2H3,(H,21,25)/t15-,17-,19-/m1/s1. The Morgan fingerprint density at radius 2 is 2.04 bits per heavy atom. The van der Waals surface area contributed by atoms with Gasteiger partial charge in [0, 0.05) is 25.2 Å². The van der Waals surface area contributed by atoms with Gasteiger partial charge in [-0.05, 0) is 76.2 Å². The van der Waals surface area contributed by atoms with Gasteiger partial charge in [0.25, 0.3) is 0 Å². The average Bonchev–Trinajstić information content (AvgIpc) is 2.60. The van der Waals surface area contributed by atoms with Crippen molar-refractivity contribution < 1.29 is 9.90 Å². The summed E-state index contributed by atoms with van der Waals surface area (Å²) in [5, 5.41) is 12.5. The topological polar surface area (TPSA) is 55.8 Å². The van der Waals surface area contributed by atoms with Gasteiger partial charge in [0.15, 0.2) is 0 Å². The Morgan fingerprint density at radius 3 is 2.80 bits per heavy atom. The summed E-state index contributed by atoms with van der Waals surface area (Å²) < 4.78 is 0. The molecule has 2 aliphatic heterocycles. The highest BCUT2D eigenvalue weighted by atomic mass is 16.3. The number of urea groups is 1. The SMILES string of the molecule is C[C@H](CCc1ccc(O)cc1)NC(=O)N1CCC[C@@H]2CN(C)CC[C@H]21. The number of amides is 2. The van der Waals surface area contributed by atoms with E-state index in [0.717, 1.165) is 45.3 Å². The van der Waals surface area contributed by atoms with E-state index in [4.69, 9.17) is 0 Å². The first kappa shape index (κ1) is 18.1. The van der Waals surface area contributed by atoms with Crippen molar-refractivity contribution >= 4 is 6.03 Å². The molecule has 25 heavy (non-hydrogen) atoms. The number of carbonyl (C=O) groups is 1. The van der Waals surface area contributed by atoms with E-state index in [2.05, 4.69) is 29.1 Å². The molecule has 2 aliphatic rings. The van der Waals surface area contributed by atoms with Gasteiger partial charge in [-0.1, -0.05) is 12.1 Å². The summed E-state index contributed by atoms with van der Waals surface area (Å²) in [7, 11) is 2.18. The molecule has 5 heteroatoms. The molecule has 1 aromatic carbocycles. The van der Waals surface area contributed by atoms with Crippen LogP contribution in [0.3, 0.4) is 0 Å². The van der Waals surface area contributed by atoms with Gasteiger partial charge in [0.05, 0.1) is 0 Å². The molecule has 3 rings (SSSR count). The second-order valence-corrected chi connectivity index (χ2v) is 7.77. The van der Waals surface area contributed by atoms with Crippen molar-refractivity contribution in [3.63, 3.8) is 0 Å². The number of piperidine rings is 2. The van der Waals surface area contributed by atoms with Gasteiger partial charge >= 0.3 is 6.03 Å². The molecule has 2 N–H and O–H groups in total. The van der Waals surface area contributed by atoms with Gasteiger partial charge in [-0.3, -0.25) is 0 Å². The lowest BCUT2D eigenvalue weighted by molar-refractivity contribution is 0.0525. The molecule has 0 aliphatic carbocycles. The lowest BCUT2D eigenvalue weighted by atomic mass is 9.84. The second kappa shape index (κ2) is 8.09. The van der Waals surface area contributed by atoms with Gasteiger partial charge in [-0.15, -0.1) is 0 Å². The number of rotatable bonds is 4. The quantitative estimate of drug-likeness (QED) is 0.882. The van der Waals surface area contributed by atoms with E-state index in [1.165, 1.54) is 12.0 Å². The number of hydrogen-bond donors (Lipinski definition) is 2. The monoisotopic (exact) mass is 345 g/mol. The molecular formula is C20H31N3O2. The smallest absolute Gasteiger partial charge is 0.317 e. The molecular weight excluding hydrogens is 314 g/mol. The fourth-order valence-corrected chi connectivity index (χ4v) is 4.25.